The molecule has 1 heterocycles. The van der Waals surface area contributed by atoms with E-state index in [4.69, 9.17) is 4.74 Å². The molecular formula is C13H14N2O3S. The van der Waals surface area contributed by atoms with Gasteiger partial charge in [0.15, 0.2) is 5.13 Å². The summed E-state index contributed by atoms with van der Waals surface area (Å²) in [6, 6.07) is 5.14. The number of esters is 1. The molecule has 1 amide bonds. The Kier molecular flexibility index (Phi) is 3.80. The normalized spacial score (nSPS) is 10.7. The number of hydrogen-bond acceptors (Lipinski definition) is 5. The lowest BCUT2D eigenvalue weighted by Gasteiger charge is -2.07. The SMILES string of the molecule is CC(=O)Nc1nc2ccc(C(=O)OC(C)C)cc2s1. The van der Waals surface area contributed by atoms with Crippen LogP contribution in [0.4, 0.5) is 5.13 Å². The Morgan fingerprint density at radius 3 is 2.74 bits per heavy atom. The molecule has 19 heavy (non-hydrogen) atoms. The standard InChI is InChI=1S/C13H14N2O3S/c1-7(2)18-12(17)9-4-5-10-11(6-9)19-13(15-10)14-8(3)16/h4-7H,1-3H3,(H,14,15,16). The van der Waals surface area contributed by atoms with Crippen molar-refractivity contribution >= 4 is 38.6 Å². The first-order valence-corrected chi connectivity index (χ1v) is 6.66. The molecule has 0 aliphatic heterocycles. The molecule has 1 aromatic heterocycles. The number of rotatable bonds is 3. The third-order valence-corrected chi connectivity index (χ3v) is 3.18. The van der Waals surface area contributed by atoms with Crippen LogP contribution in [0.2, 0.25) is 0 Å². The number of nitrogens with zero attached hydrogens (tertiary/aromatic N) is 1. The molecule has 100 valence electrons. The lowest BCUT2D eigenvalue weighted by atomic mass is 10.2. The van der Waals surface area contributed by atoms with Crippen molar-refractivity contribution in [3.8, 4) is 0 Å². The van der Waals surface area contributed by atoms with Gasteiger partial charge in [-0.2, -0.15) is 0 Å². The minimum Gasteiger partial charge on any atom is -0.459 e. The Labute approximate surface area is 114 Å². The van der Waals surface area contributed by atoms with Gasteiger partial charge < -0.3 is 10.1 Å². The Hall–Kier alpha value is -1.95. The van der Waals surface area contributed by atoms with Crippen LogP contribution in [0, 0.1) is 0 Å². The van der Waals surface area contributed by atoms with E-state index in [2.05, 4.69) is 10.3 Å². The molecule has 1 aromatic carbocycles. The van der Waals surface area contributed by atoms with E-state index in [1.54, 1.807) is 32.0 Å². The number of fused-ring (bicyclic) bond motifs is 1. The number of anilines is 1. The van der Waals surface area contributed by atoms with Gasteiger partial charge in [-0.25, -0.2) is 9.78 Å². The third-order valence-electron chi connectivity index (χ3n) is 2.25. The van der Waals surface area contributed by atoms with Crippen LogP contribution in [0.3, 0.4) is 0 Å². The number of nitrogens with one attached hydrogen (secondary N) is 1. The maximum Gasteiger partial charge on any atom is 0.338 e. The lowest BCUT2D eigenvalue weighted by molar-refractivity contribution is -0.114. The summed E-state index contributed by atoms with van der Waals surface area (Å²) < 4.78 is 5.97. The van der Waals surface area contributed by atoms with Crippen LogP contribution < -0.4 is 5.32 Å². The molecule has 1 N–H and O–H groups in total. The summed E-state index contributed by atoms with van der Waals surface area (Å²) in [6.45, 7) is 5.04. The van der Waals surface area contributed by atoms with Gasteiger partial charge in [0.2, 0.25) is 5.91 Å². The van der Waals surface area contributed by atoms with Crippen molar-refractivity contribution in [3.63, 3.8) is 0 Å². The van der Waals surface area contributed by atoms with Crippen LogP contribution in [-0.2, 0) is 9.53 Å². The van der Waals surface area contributed by atoms with Gasteiger partial charge in [-0.1, -0.05) is 11.3 Å². The highest BCUT2D eigenvalue weighted by Crippen LogP contribution is 2.27. The van der Waals surface area contributed by atoms with Crippen molar-refractivity contribution in [2.75, 3.05) is 5.32 Å². The van der Waals surface area contributed by atoms with Gasteiger partial charge >= 0.3 is 5.97 Å². The number of aromatic nitrogens is 1. The highest BCUT2D eigenvalue weighted by atomic mass is 32.1. The molecule has 0 fully saturated rings. The highest BCUT2D eigenvalue weighted by molar-refractivity contribution is 7.22. The van der Waals surface area contributed by atoms with E-state index in [-0.39, 0.29) is 18.0 Å². The fourth-order valence-electron chi connectivity index (χ4n) is 1.54. The first kappa shape index (κ1) is 13.5. The first-order valence-electron chi connectivity index (χ1n) is 5.85. The summed E-state index contributed by atoms with van der Waals surface area (Å²) >= 11 is 1.33. The fraction of sp³-hybridized carbons (Fsp3) is 0.308. The molecule has 0 saturated carbocycles. The summed E-state index contributed by atoms with van der Waals surface area (Å²) in [6.07, 6.45) is -0.153. The fourth-order valence-corrected chi connectivity index (χ4v) is 2.49. The van der Waals surface area contributed by atoms with E-state index in [1.165, 1.54) is 18.3 Å². The molecule has 6 heteroatoms. The Balaban J connectivity index is 2.29. The van der Waals surface area contributed by atoms with Crippen molar-refractivity contribution in [2.45, 2.75) is 26.9 Å². The topological polar surface area (TPSA) is 68.3 Å². The average molecular weight is 278 g/mol. The van der Waals surface area contributed by atoms with Crippen molar-refractivity contribution in [3.05, 3.63) is 23.8 Å². The van der Waals surface area contributed by atoms with Crippen molar-refractivity contribution < 1.29 is 14.3 Å². The summed E-state index contributed by atoms with van der Waals surface area (Å²) in [5.74, 6) is -0.523. The van der Waals surface area contributed by atoms with Crippen molar-refractivity contribution in [1.29, 1.82) is 0 Å². The second-order valence-corrected chi connectivity index (χ2v) is 5.37. The van der Waals surface area contributed by atoms with Gasteiger partial charge in [0, 0.05) is 6.92 Å². The molecule has 0 atom stereocenters. The van der Waals surface area contributed by atoms with Gasteiger partial charge in [-0.15, -0.1) is 0 Å². The van der Waals surface area contributed by atoms with Gasteiger partial charge in [0.25, 0.3) is 0 Å². The number of ether oxygens (including phenoxy) is 1. The zero-order chi connectivity index (χ0) is 14.0. The molecule has 0 bridgehead atoms. The zero-order valence-corrected chi connectivity index (χ0v) is 11.7. The van der Waals surface area contributed by atoms with Crippen LogP contribution in [0.25, 0.3) is 10.2 Å². The predicted molar refractivity (Wildman–Crippen MR) is 74.5 cm³/mol. The molecule has 0 radical (unpaired) electrons. The summed E-state index contributed by atoms with van der Waals surface area (Å²) in [5.41, 5.74) is 1.23. The van der Waals surface area contributed by atoms with E-state index in [1.807, 2.05) is 0 Å². The van der Waals surface area contributed by atoms with E-state index in [0.717, 1.165) is 10.2 Å². The molecular weight excluding hydrogens is 264 g/mol. The molecule has 0 aliphatic rings. The number of thiazole rings is 1. The first-order chi connectivity index (χ1) is 8.95. The van der Waals surface area contributed by atoms with Gasteiger partial charge in [-0.3, -0.25) is 4.79 Å². The van der Waals surface area contributed by atoms with Gasteiger partial charge in [0.05, 0.1) is 21.9 Å². The summed E-state index contributed by atoms with van der Waals surface area (Å²) in [5, 5.41) is 3.15. The van der Waals surface area contributed by atoms with Crippen LogP contribution in [0.15, 0.2) is 18.2 Å². The largest absolute Gasteiger partial charge is 0.459 e. The van der Waals surface area contributed by atoms with Crippen LogP contribution in [0.5, 0.6) is 0 Å². The molecule has 0 unspecified atom stereocenters. The van der Waals surface area contributed by atoms with Crippen LogP contribution in [0.1, 0.15) is 31.1 Å². The predicted octanol–water partition coefficient (Wildman–Crippen LogP) is 2.82. The molecule has 5 nitrogen and oxygen atoms in total. The summed E-state index contributed by atoms with van der Waals surface area (Å²) in [7, 11) is 0. The number of benzene rings is 1. The third kappa shape index (κ3) is 3.29. The molecule has 0 saturated heterocycles. The maximum absolute atomic E-state index is 11.8. The maximum atomic E-state index is 11.8. The molecule has 0 aliphatic carbocycles. The summed E-state index contributed by atoms with van der Waals surface area (Å²) in [4.78, 5) is 27.0. The molecule has 0 spiro atoms. The highest BCUT2D eigenvalue weighted by Gasteiger charge is 2.12. The smallest absolute Gasteiger partial charge is 0.338 e. The monoisotopic (exact) mass is 278 g/mol. The number of carbonyl (C=O) groups is 2. The number of hydrogen-bond donors (Lipinski definition) is 1. The van der Waals surface area contributed by atoms with E-state index in [9.17, 15) is 9.59 Å². The molecule has 2 aromatic rings. The van der Waals surface area contributed by atoms with E-state index in [0.29, 0.717) is 10.7 Å². The second-order valence-electron chi connectivity index (χ2n) is 4.34. The van der Waals surface area contributed by atoms with E-state index < -0.39 is 0 Å². The van der Waals surface area contributed by atoms with Gasteiger partial charge in [-0.05, 0) is 32.0 Å². The van der Waals surface area contributed by atoms with Crippen LogP contribution in [-0.4, -0.2) is 23.0 Å². The zero-order valence-electron chi connectivity index (χ0n) is 10.9. The average Bonchev–Trinajstić information content (AvgIpc) is 2.67. The van der Waals surface area contributed by atoms with Crippen LogP contribution >= 0.6 is 11.3 Å². The lowest BCUT2D eigenvalue weighted by Crippen LogP contribution is -2.11. The van der Waals surface area contributed by atoms with Crippen molar-refractivity contribution in [1.82, 2.24) is 4.98 Å². The van der Waals surface area contributed by atoms with Gasteiger partial charge in [0.1, 0.15) is 0 Å². The quantitative estimate of drug-likeness (QED) is 0.877. The Morgan fingerprint density at radius 1 is 1.37 bits per heavy atom. The van der Waals surface area contributed by atoms with Crippen molar-refractivity contribution in [2.24, 2.45) is 0 Å². The Morgan fingerprint density at radius 2 is 2.11 bits per heavy atom. The molecule has 2 rings (SSSR count). The minimum absolute atomic E-state index is 0.153. The second kappa shape index (κ2) is 5.36. The van der Waals surface area contributed by atoms with E-state index >= 15 is 0 Å². The Bertz CT molecular complexity index is 634. The number of amides is 1. The number of carbonyl (C=O) groups excluding carboxylic acids is 2. The minimum atomic E-state index is -0.355.